The summed E-state index contributed by atoms with van der Waals surface area (Å²) >= 11 is 1.51. The lowest BCUT2D eigenvalue weighted by Gasteiger charge is -2.44. The van der Waals surface area contributed by atoms with Gasteiger partial charge < -0.3 is 10.0 Å². The number of aromatic carboxylic acids is 1. The summed E-state index contributed by atoms with van der Waals surface area (Å²) in [6, 6.07) is 7.27. The van der Waals surface area contributed by atoms with Gasteiger partial charge in [0.1, 0.15) is 11.5 Å². The molecule has 0 amide bonds. The van der Waals surface area contributed by atoms with Crippen LogP contribution in [-0.4, -0.2) is 50.6 Å². The number of carboxylic acids is 1. The molecule has 2 bridgehead atoms. The van der Waals surface area contributed by atoms with E-state index in [1.807, 2.05) is 23.0 Å². The van der Waals surface area contributed by atoms with Gasteiger partial charge in [0.05, 0.1) is 22.7 Å². The van der Waals surface area contributed by atoms with Crippen molar-refractivity contribution in [1.29, 1.82) is 0 Å². The molecule has 0 unspecified atom stereocenters. The molecule has 2 aromatic heterocycles. The fraction of sp³-hybridized carbons (Fsp3) is 0.381. The van der Waals surface area contributed by atoms with Crippen molar-refractivity contribution < 1.29 is 14.3 Å². The van der Waals surface area contributed by atoms with Gasteiger partial charge in [-0.05, 0) is 68.1 Å². The van der Waals surface area contributed by atoms with Crippen LogP contribution in [0.1, 0.15) is 34.8 Å². The molecule has 3 aliphatic heterocycles. The molecule has 5 heterocycles. The van der Waals surface area contributed by atoms with Crippen molar-refractivity contribution >= 4 is 17.3 Å². The van der Waals surface area contributed by atoms with Crippen LogP contribution in [0.2, 0.25) is 0 Å². The van der Waals surface area contributed by atoms with Crippen molar-refractivity contribution in [2.75, 3.05) is 19.6 Å². The van der Waals surface area contributed by atoms with Gasteiger partial charge in [-0.1, -0.05) is 11.3 Å². The van der Waals surface area contributed by atoms with Gasteiger partial charge in [-0.2, -0.15) is 0 Å². The Morgan fingerprint density at radius 3 is 2.66 bits per heavy atom. The van der Waals surface area contributed by atoms with Crippen LogP contribution in [0.3, 0.4) is 0 Å². The van der Waals surface area contributed by atoms with Crippen molar-refractivity contribution in [3.8, 4) is 21.0 Å². The number of fused-ring (bicyclic) bond motifs is 3. The van der Waals surface area contributed by atoms with Gasteiger partial charge in [0, 0.05) is 11.4 Å². The maximum atomic E-state index is 14.4. The number of benzene rings is 1. The quantitative estimate of drug-likeness (QED) is 0.699. The zero-order valence-electron chi connectivity index (χ0n) is 16.0. The third-order valence-corrected chi connectivity index (χ3v) is 7.35. The average Bonchev–Trinajstić information content (AvgIpc) is 3.40. The Labute approximate surface area is 171 Å². The number of thiophene rings is 1. The predicted molar refractivity (Wildman–Crippen MR) is 109 cm³/mol. The SMILES string of the molecule is Cc1c(-c2ccc(-c3cn([C@H]4CN5CCC4CC5)nn3)s2)ccc(C(=O)O)c1F. The van der Waals surface area contributed by atoms with Crippen LogP contribution in [0.4, 0.5) is 4.39 Å². The van der Waals surface area contributed by atoms with E-state index < -0.39 is 11.8 Å². The van der Waals surface area contributed by atoms with Crippen molar-refractivity contribution in [2.45, 2.75) is 25.8 Å². The van der Waals surface area contributed by atoms with E-state index in [4.69, 9.17) is 5.11 Å². The monoisotopic (exact) mass is 412 g/mol. The molecule has 6 rings (SSSR count). The first kappa shape index (κ1) is 18.4. The molecule has 0 radical (unpaired) electrons. The molecule has 3 aliphatic rings. The molecule has 0 aliphatic carbocycles. The summed E-state index contributed by atoms with van der Waals surface area (Å²) < 4.78 is 16.4. The van der Waals surface area contributed by atoms with E-state index in [1.165, 1.54) is 43.3 Å². The highest BCUT2D eigenvalue weighted by Crippen LogP contribution is 2.38. The minimum absolute atomic E-state index is 0.302. The Balaban J connectivity index is 1.42. The Hall–Kier alpha value is -2.58. The van der Waals surface area contributed by atoms with Gasteiger partial charge in [-0.25, -0.2) is 13.9 Å². The molecule has 0 saturated carbocycles. The van der Waals surface area contributed by atoms with E-state index in [2.05, 4.69) is 15.2 Å². The van der Waals surface area contributed by atoms with Gasteiger partial charge in [-0.3, -0.25) is 0 Å². The summed E-state index contributed by atoms with van der Waals surface area (Å²) in [6.07, 6.45) is 4.46. The number of piperidine rings is 3. The second kappa shape index (κ2) is 7.03. The summed E-state index contributed by atoms with van der Waals surface area (Å²) in [5.74, 6) is -1.27. The molecule has 3 fully saturated rings. The summed E-state index contributed by atoms with van der Waals surface area (Å²) in [5.41, 5.74) is 1.56. The lowest BCUT2D eigenvalue weighted by molar-refractivity contribution is 0.0504. The number of halogens is 1. The van der Waals surface area contributed by atoms with E-state index >= 15 is 0 Å². The van der Waals surface area contributed by atoms with Gasteiger partial charge in [0.2, 0.25) is 0 Å². The number of hydrogen-bond acceptors (Lipinski definition) is 5. The smallest absolute Gasteiger partial charge is 0.338 e. The molecule has 0 spiro atoms. The van der Waals surface area contributed by atoms with Crippen LogP contribution in [-0.2, 0) is 0 Å². The van der Waals surface area contributed by atoms with Crippen molar-refractivity contribution in [1.82, 2.24) is 19.9 Å². The van der Waals surface area contributed by atoms with Crippen molar-refractivity contribution in [3.05, 3.63) is 47.4 Å². The second-order valence-corrected chi connectivity index (χ2v) is 8.94. The van der Waals surface area contributed by atoms with E-state index in [9.17, 15) is 9.18 Å². The molecule has 3 aromatic rings. The van der Waals surface area contributed by atoms with E-state index in [-0.39, 0.29) is 5.56 Å². The zero-order chi connectivity index (χ0) is 20.1. The Morgan fingerprint density at radius 1 is 1.21 bits per heavy atom. The minimum Gasteiger partial charge on any atom is -0.478 e. The first-order chi connectivity index (χ1) is 14.0. The van der Waals surface area contributed by atoms with Crippen LogP contribution in [0, 0.1) is 18.7 Å². The summed E-state index contributed by atoms with van der Waals surface area (Å²) in [7, 11) is 0. The number of hydrogen-bond donors (Lipinski definition) is 1. The number of carboxylic acid groups (broad SMARTS) is 1. The molecule has 150 valence electrons. The summed E-state index contributed by atoms with van der Waals surface area (Å²) in [6.45, 7) is 5.03. The van der Waals surface area contributed by atoms with E-state index in [1.54, 1.807) is 13.0 Å². The highest BCUT2D eigenvalue weighted by atomic mass is 32.1. The Morgan fingerprint density at radius 2 is 1.97 bits per heavy atom. The van der Waals surface area contributed by atoms with Gasteiger partial charge >= 0.3 is 5.97 Å². The van der Waals surface area contributed by atoms with Gasteiger partial charge in [0.15, 0.2) is 0 Å². The lowest BCUT2D eigenvalue weighted by Crippen LogP contribution is -2.48. The van der Waals surface area contributed by atoms with Crippen molar-refractivity contribution in [3.63, 3.8) is 0 Å². The third kappa shape index (κ3) is 3.16. The molecule has 3 saturated heterocycles. The van der Waals surface area contributed by atoms with E-state index in [0.717, 1.165) is 22.0 Å². The maximum absolute atomic E-state index is 14.4. The zero-order valence-corrected chi connectivity index (χ0v) is 16.8. The molecular weight excluding hydrogens is 391 g/mol. The predicted octanol–water partition coefficient (Wildman–Crippen LogP) is 4.09. The summed E-state index contributed by atoms with van der Waals surface area (Å²) in [4.78, 5) is 15.5. The maximum Gasteiger partial charge on any atom is 0.338 e. The number of rotatable bonds is 4. The molecule has 1 aromatic carbocycles. The Bertz CT molecular complexity index is 1080. The fourth-order valence-electron chi connectivity index (χ4n) is 4.52. The Kier molecular flexibility index (Phi) is 4.48. The molecule has 1 N–H and O–H groups in total. The van der Waals surface area contributed by atoms with E-state index in [0.29, 0.717) is 23.1 Å². The van der Waals surface area contributed by atoms with Gasteiger partial charge in [-0.15, -0.1) is 16.4 Å². The molecular formula is C21H21FN4O2S. The number of carbonyl (C=O) groups is 1. The molecule has 29 heavy (non-hydrogen) atoms. The van der Waals surface area contributed by atoms with Crippen LogP contribution in [0.15, 0.2) is 30.5 Å². The highest BCUT2D eigenvalue weighted by Gasteiger charge is 2.35. The average molecular weight is 412 g/mol. The second-order valence-electron chi connectivity index (χ2n) is 7.86. The first-order valence-corrected chi connectivity index (χ1v) is 10.6. The number of nitrogens with zero attached hydrogens (tertiary/aromatic N) is 4. The van der Waals surface area contributed by atoms with Gasteiger partial charge in [0.25, 0.3) is 0 Å². The minimum atomic E-state index is -1.26. The molecule has 6 nitrogen and oxygen atoms in total. The molecule has 1 atom stereocenters. The number of aromatic nitrogens is 3. The lowest BCUT2D eigenvalue weighted by atomic mass is 9.84. The van der Waals surface area contributed by atoms with Crippen LogP contribution in [0.5, 0.6) is 0 Å². The van der Waals surface area contributed by atoms with Crippen LogP contribution < -0.4 is 0 Å². The standard InChI is InChI=1S/C21H21FN4O2S/c1-12-14(2-3-15(20(12)22)21(27)28)18-4-5-19(29-18)16-10-26(24-23-16)17-11-25-8-6-13(17)7-9-25/h2-5,10,13,17H,6-9,11H2,1H3,(H,27,28)/t17-/m0/s1. The normalized spacial score (nSPS) is 23.4. The summed E-state index contributed by atoms with van der Waals surface area (Å²) in [5, 5.41) is 17.9. The van der Waals surface area contributed by atoms with Crippen LogP contribution in [0.25, 0.3) is 21.0 Å². The largest absolute Gasteiger partial charge is 0.478 e. The van der Waals surface area contributed by atoms with Crippen molar-refractivity contribution in [2.24, 2.45) is 5.92 Å². The topological polar surface area (TPSA) is 71.2 Å². The fourth-order valence-corrected chi connectivity index (χ4v) is 5.56. The van der Waals surface area contributed by atoms with Crippen LogP contribution >= 0.6 is 11.3 Å². The highest BCUT2D eigenvalue weighted by molar-refractivity contribution is 7.18. The molecule has 8 heteroatoms. The third-order valence-electron chi connectivity index (χ3n) is 6.21. The first-order valence-electron chi connectivity index (χ1n) is 9.78.